The minimum atomic E-state index is -1.16. The fourth-order valence-electron chi connectivity index (χ4n) is 1.87. The van der Waals surface area contributed by atoms with Crippen molar-refractivity contribution in [1.82, 2.24) is 9.80 Å². The minimum Gasteiger partial charge on any atom is -0.466 e. The SMILES string of the molecule is CCOC(=O)CC1CN(C(=O)O)CCN1C(=O)O. The van der Waals surface area contributed by atoms with Crippen LogP contribution in [0.15, 0.2) is 0 Å². The average molecular weight is 260 g/mol. The van der Waals surface area contributed by atoms with Crippen molar-refractivity contribution in [3.63, 3.8) is 0 Å². The third kappa shape index (κ3) is 3.51. The molecule has 1 aliphatic rings. The lowest BCUT2D eigenvalue weighted by Gasteiger charge is -2.38. The smallest absolute Gasteiger partial charge is 0.407 e. The summed E-state index contributed by atoms with van der Waals surface area (Å²) in [5, 5.41) is 17.8. The van der Waals surface area contributed by atoms with E-state index in [2.05, 4.69) is 0 Å². The number of hydrogen-bond donors (Lipinski definition) is 2. The Morgan fingerprint density at radius 1 is 1.22 bits per heavy atom. The van der Waals surface area contributed by atoms with Gasteiger partial charge in [0.15, 0.2) is 0 Å². The predicted octanol–water partition coefficient (Wildman–Crippen LogP) is 0.282. The normalized spacial score (nSPS) is 19.5. The van der Waals surface area contributed by atoms with Gasteiger partial charge in [-0.15, -0.1) is 0 Å². The van der Waals surface area contributed by atoms with Crippen LogP contribution < -0.4 is 0 Å². The number of rotatable bonds is 3. The Morgan fingerprint density at radius 3 is 2.39 bits per heavy atom. The lowest BCUT2D eigenvalue weighted by atomic mass is 10.1. The van der Waals surface area contributed by atoms with Crippen LogP contribution in [0, 0.1) is 0 Å². The quantitative estimate of drug-likeness (QED) is 0.706. The van der Waals surface area contributed by atoms with E-state index in [9.17, 15) is 14.4 Å². The van der Waals surface area contributed by atoms with Gasteiger partial charge in [0.2, 0.25) is 0 Å². The molecule has 1 saturated heterocycles. The van der Waals surface area contributed by atoms with Gasteiger partial charge in [0.1, 0.15) is 0 Å². The summed E-state index contributed by atoms with van der Waals surface area (Å²) in [6.45, 7) is 2.02. The van der Waals surface area contributed by atoms with E-state index in [0.717, 1.165) is 9.80 Å². The number of piperazine rings is 1. The van der Waals surface area contributed by atoms with Crippen LogP contribution in [0.2, 0.25) is 0 Å². The highest BCUT2D eigenvalue weighted by atomic mass is 16.5. The Morgan fingerprint density at radius 2 is 1.89 bits per heavy atom. The summed E-state index contributed by atoms with van der Waals surface area (Å²) in [5.41, 5.74) is 0. The molecule has 2 N–H and O–H groups in total. The molecule has 0 aromatic rings. The van der Waals surface area contributed by atoms with E-state index in [1.54, 1.807) is 6.92 Å². The molecule has 0 bridgehead atoms. The summed E-state index contributed by atoms with van der Waals surface area (Å²) >= 11 is 0. The van der Waals surface area contributed by atoms with Crippen molar-refractivity contribution < 1.29 is 29.3 Å². The zero-order chi connectivity index (χ0) is 13.7. The Labute approximate surface area is 104 Å². The molecule has 18 heavy (non-hydrogen) atoms. The standard InChI is InChI=1S/C10H16N2O6/c1-2-18-8(13)5-7-6-11(9(14)15)3-4-12(7)10(16)17/h7H,2-6H2,1H3,(H,14,15)(H,16,17). The number of esters is 1. The van der Waals surface area contributed by atoms with Crippen molar-refractivity contribution in [2.24, 2.45) is 0 Å². The monoisotopic (exact) mass is 260 g/mol. The van der Waals surface area contributed by atoms with Crippen molar-refractivity contribution in [1.29, 1.82) is 0 Å². The predicted molar refractivity (Wildman–Crippen MR) is 59.4 cm³/mol. The number of carbonyl (C=O) groups is 3. The fourth-order valence-corrected chi connectivity index (χ4v) is 1.87. The van der Waals surface area contributed by atoms with E-state index >= 15 is 0 Å². The number of ether oxygens (including phenoxy) is 1. The maximum atomic E-state index is 11.3. The van der Waals surface area contributed by atoms with Gasteiger partial charge in [-0.3, -0.25) is 4.79 Å². The molecule has 1 fully saturated rings. The van der Waals surface area contributed by atoms with E-state index in [-0.39, 0.29) is 32.7 Å². The largest absolute Gasteiger partial charge is 0.466 e. The number of nitrogens with zero attached hydrogens (tertiary/aromatic N) is 2. The van der Waals surface area contributed by atoms with Crippen molar-refractivity contribution in [2.75, 3.05) is 26.2 Å². The number of carboxylic acid groups (broad SMARTS) is 2. The van der Waals surface area contributed by atoms with Crippen LogP contribution in [0.3, 0.4) is 0 Å². The van der Waals surface area contributed by atoms with Crippen LogP contribution in [0.4, 0.5) is 9.59 Å². The molecule has 0 spiro atoms. The first-order valence-corrected chi connectivity index (χ1v) is 5.58. The van der Waals surface area contributed by atoms with E-state index in [1.807, 2.05) is 0 Å². The van der Waals surface area contributed by atoms with Crippen molar-refractivity contribution in [3.05, 3.63) is 0 Å². The van der Waals surface area contributed by atoms with Crippen LogP contribution in [-0.4, -0.2) is 70.5 Å². The first-order chi connectivity index (χ1) is 8.45. The van der Waals surface area contributed by atoms with Crippen LogP contribution in [0.5, 0.6) is 0 Å². The molecule has 1 unspecified atom stereocenters. The minimum absolute atomic E-state index is 0.0134. The Kier molecular flexibility index (Phi) is 4.75. The van der Waals surface area contributed by atoms with Crippen molar-refractivity contribution in [3.8, 4) is 0 Å². The molecule has 1 rings (SSSR count). The van der Waals surface area contributed by atoms with Gasteiger partial charge in [-0.1, -0.05) is 0 Å². The summed E-state index contributed by atoms with van der Waals surface area (Å²) in [5.74, 6) is -0.527. The fraction of sp³-hybridized carbons (Fsp3) is 0.700. The van der Waals surface area contributed by atoms with Gasteiger partial charge in [-0.2, -0.15) is 0 Å². The van der Waals surface area contributed by atoms with Gasteiger partial charge in [0, 0.05) is 19.6 Å². The van der Waals surface area contributed by atoms with Gasteiger partial charge < -0.3 is 24.7 Å². The molecular weight excluding hydrogens is 244 g/mol. The Balaban J connectivity index is 2.69. The van der Waals surface area contributed by atoms with Gasteiger partial charge in [-0.05, 0) is 6.92 Å². The summed E-state index contributed by atoms with van der Waals surface area (Å²) in [7, 11) is 0. The molecule has 2 amide bonds. The molecule has 0 radical (unpaired) electrons. The lowest BCUT2D eigenvalue weighted by molar-refractivity contribution is -0.144. The Bertz CT molecular complexity index is 345. The second-order valence-electron chi connectivity index (χ2n) is 3.87. The molecule has 8 heteroatoms. The first-order valence-electron chi connectivity index (χ1n) is 5.58. The maximum Gasteiger partial charge on any atom is 0.407 e. The molecule has 0 saturated carbocycles. The molecule has 0 aliphatic carbocycles. The van der Waals surface area contributed by atoms with Crippen LogP contribution >= 0.6 is 0 Å². The van der Waals surface area contributed by atoms with E-state index < -0.39 is 24.2 Å². The summed E-state index contributed by atoms with van der Waals surface area (Å²) < 4.78 is 4.74. The summed E-state index contributed by atoms with van der Waals surface area (Å²) in [6.07, 6.45) is -2.41. The summed E-state index contributed by atoms with van der Waals surface area (Å²) in [6, 6.07) is -0.689. The highest BCUT2D eigenvalue weighted by Crippen LogP contribution is 2.14. The van der Waals surface area contributed by atoms with Crippen molar-refractivity contribution in [2.45, 2.75) is 19.4 Å². The molecule has 0 aromatic heterocycles. The molecule has 102 valence electrons. The third-order valence-electron chi connectivity index (χ3n) is 2.71. The van der Waals surface area contributed by atoms with Crippen LogP contribution in [0.25, 0.3) is 0 Å². The van der Waals surface area contributed by atoms with E-state index in [0.29, 0.717) is 0 Å². The molecule has 1 heterocycles. The summed E-state index contributed by atoms with van der Waals surface area (Å²) in [4.78, 5) is 35.3. The van der Waals surface area contributed by atoms with Gasteiger partial charge in [-0.25, -0.2) is 9.59 Å². The van der Waals surface area contributed by atoms with Gasteiger partial charge in [0.05, 0.1) is 19.1 Å². The number of carbonyl (C=O) groups excluding carboxylic acids is 1. The number of hydrogen-bond acceptors (Lipinski definition) is 4. The second kappa shape index (κ2) is 6.08. The zero-order valence-electron chi connectivity index (χ0n) is 10.0. The van der Waals surface area contributed by atoms with Crippen LogP contribution in [0.1, 0.15) is 13.3 Å². The van der Waals surface area contributed by atoms with Gasteiger partial charge >= 0.3 is 18.2 Å². The number of amides is 2. The average Bonchev–Trinajstić information content (AvgIpc) is 2.28. The second-order valence-corrected chi connectivity index (χ2v) is 3.87. The topological polar surface area (TPSA) is 107 Å². The molecule has 8 nitrogen and oxygen atoms in total. The maximum absolute atomic E-state index is 11.3. The van der Waals surface area contributed by atoms with Crippen LogP contribution in [-0.2, 0) is 9.53 Å². The molecular formula is C10H16N2O6. The van der Waals surface area contributed by atoms with Crippen molar-refractivity contribution >= 4 is 18.2 Å². The van der Waals surface area contributed by atoms with E-state index in [1.165, 1.54) is 0 Å². The molecule has 1 aliphatic heterocycles. The van der Waals surface area contributed by atoms with E-state index in [4.69, 9.17) is 14.9 Å². The third-order valence-corrected chi connectivity index (χ3v) is 2.71. The molecule has 0 aromatic carbocycles. The molecule has 1 atom stereocenters. The Hall–Kier alpha value is -1.99. The van der Waals surface area contributed by atoms with Gasteiger partial charge in [0.25, 0.3) is 0 Å². The highest BCUT2D eigenvalue weighted by molar-refractivity contribution is 5.73. The zero-order valence-corrected chi connectivity index (χ0v) is 10.0. The lowest BCUT2D eigenvalue weighted by Crippen LogP contribution is -2.56. The first kappa shape index (κ1) is 14.1. The highest BCUT2D eigenvalue weighted by Gasteiger charge is 2.33.